The lowest BCUT2D eigenvalue weighted by Crippen LogP contribution is -2.00. The summed E-state index contributed by atoms with van der Waals surface area (Å²) in [5.74, 6) is 0.0340. The third-order valence-corrected chi connectivity index (χ3v) is 2.55. The van der Waals surface area contributed by atoms with Crippen molar-refractivity contribution in [3.05, 3.63) is 40.1 Å². The van der Waals surface area contributed by atoms with Crippen molar-refractivity contribution in [3.63, 3.8) is 0 Å². The number of ether oxygens (including phenoxy) is 1. The number of H-pyrrole nitrogens is 1. The fourth-order valence-electron chi connectivity index (χ4n) is 1.37. The van der Waals surface area contributed by atoms with Gasteiger partial charge in [0.1, 0.15) is 11.5 Å². The van der Waals surface area contributed by atoms with E-state index in [0.717, 1.165) is 0 Å². The van der Waals surface area contributed by atoms with Crippen molar-refractivity contribution in [2.75, 3.05) is 7.11 Å². The molecule has 0 amide bonds. The van der Waals surface area contributed by atoms with Crippen LogP contribution in [0, 0.1) is 0 Å². The van der Waals surface area contributed by atoms with Crippen molar-refractivity contribution in [3.8, 4) is 11.4 Å². The smallest absolute Gasteiger partial charge is 0.356 e. The van der Waals surface area contributed by atoms with Gasteiger partial charge in [-0.05, 0) is 18.2 Å². The Bertz CT molecular complexity index is 546. The number of halogens is 2. The molecule has 0 fully saturated rings. The number of esters is 1. The maximum atomic E-state index is 11.2. The van der Waals surface area contributed by atoms with Gasteiger partial charge in [0.25, 0.3) is 0 Å². The van der Waals surface area contributed by atoms with Crippen molar-refractivity contribution in [1.29, 1.82) is 0 Å². The van der Waals surface area contributed by atoms with E-state index in [1.54, 1.807) is 18.2 Å². The Balaban J connectivity index is 2.40. The minimum Gasteiger partial charge on any atom is -0.464 e. The average Bonchev–Trinajstić information content (AvgIpc) is 2.76. The van der Waals surface area contributed by atoms with Crippen LogP contribution in [0.25, 0.3) is 11.4 Å². The Morgan fingerprint density at radius 3 is 2.53 bits per heavy atom. The molecule has 0 aliphatic heterocycles. The van der Waals surface area contributed by atoms with E-state index in [0.29, 0.717) is 21.4 Å². The first-order valence-corrected chi connectivity index (χ1v) is 5.45. The number of nitrogens with zero attached hydrogens (tertiary/aromatic N) is 1. The monoisotopic (exact) mass is 270 g/mol. The van der Waals surface area contributed by atoms with Gasteiger partial charge in [-0.3, -0.25) is 0 Å². The molecule has 1 aromatic carbocycles. The summed E-state index contributed by atoms with van der Waals surface area (Å²) in [4.78, 5) is 18.1. The number of hydrogen-bond donors (Lipinski definition) is 1. The summed E-state index contributed by atoms with van der Waals surface area (Å²) < 4.78 is 4.57. The molecule has 1 N–H and O–H groups in total. The first-order valence-electron chi connectivity index (χ1n) is 4.70. The normalized spacial score (nSPS) is 10.3. The highest BCUT2D eigenvalue weighted by Crippen LogP contribution is 2.25. The van der Waals surface area contributed by atoms with E-state index in [1.807, 2.05) is 0 Å². The first-order chi connectivity index (χ1) is 8.10. The van der Waals surface area contributed by atoms with Gasteiger partial charge < -0.3 is 9.72 Å². The molecule has 17 heavy (non-hydrogen) atoms. The summed E-state index contributed by atoms with van der Waals surface area (Å²) in [6, 6.07) is 5.03. The molecule has 0 spiro atoms. The number of benzene rings is 1. The van der Waals surface area contributed by atoms with Crippen LogP contribution in [0.4, 0.5) is 0 Å². The van der Waals surface area contributed by atoms with Crippen LogP contribution in [0.5, 0.6) is 0 Å². The zero-order valence-electron chi connectivity index (χ0n) is 8.83. The third kappa shape index (κ3) is 2.60. The minimum absolute atomic E-state index is 0.276. The molecule has 1 heterocycles. The Labute approximate surface area is 108 Å². The van der Waals surface area contributed by atoms with Crippen molar-refractivity contribution < 1.29 is 9.53 Å². The van der Waals surface area contributed by atoms with Gasteiger partial charge in [-0.25, -0.2) is 9.78 Å². The molecule has 0 aliphatic rings. The van der Waals surface area contributed by atoms with Gasteiger partial charge in [0.05, 0.1) is 13.3 Å². The van der Waals surface area contributed by atoms with E-state index in [9.17, 15) is 4.79 Å². The molecule has 0 unspecified atom stereocenters. The van der Waals surface area contributed by atoms with Gasteiger partial charge in [0.2, 0.25) is 0 Å². The van der Waals surface area contributed by atoms with E-state index in [1.165, 1.54) is 13.3 Å². The summed E-state index contributed by atoms with van der Waals surface area (Å²) in [5.41, 5.74) is 0.983. The fraction of sp³-hybridized carbons (Fsp3) is 0.0909. The van der Waals surface area contributed by atoms with Crippen LogP contribution in [0.3, 0.4) is 0 Å². The number of rotatable bonds is 2. The predicted octanol–water partition coefficient (Wildman–Crippen LogP) is 3.17. The van der Waals surface area contributed by atoms with Gasteiger partial charge in [-0.2, -0.15) is 0 Å². The van der Waals surface area contributed by atoms with Crippen molar-refractivity contribution in [2.24, 2.45) is 0 Å². The highest BCUT2D eigenvalue weighted by Gasteiger charge is 2.11. The second kappa shape index (κ2) is 4.77. The van der Waals surface area contributed by atoms with E-state index in [2.05, 4.69) is 14.7 Å². The Morgan fingerprint density at radius 2 is 1.94 bits per heavy atom. The van der Waals surface area contributed by atoms with Crippen LogP contribution in [-0.4, -0.2) is 23.0 Å². The number of methoxy groups -OCH3 is 1. The van der Waals surface area contributed by atoms with Crippen molar-refractivity contribution in [2.45, 2.75) is 0 Å². The van der Waals surface area contributed by atoms with E-state index >= 15 is 0 Å². The second-order valence-electron chi connectivity index (χ2n) is 3.30. The summed E-state index contributed by atoms with van der Waals surface area (Å²) in [6.45, 7) is 0. The highest BCUT2D eigenvalue weighted by atomic mass is 35.5. The molecule has 6 heteroatoms. The predicted molar refractivity (Wildman–Crippen MR) is 65.4 cm³/mol. The molecule has 0 radical (unpaired) electrons. The quantitative estimate of drug-likeness (QED) is 0.853. The van der Waals surface area contributed by atoms with E-state index < -0.39 is 5.97 Å². The van der Waals surface area contributed by atoms with Crippen molar-refractivity contribution in [1.82, 2.24) is 9.97 Å². The molecule has 88 valence electrons. The number of hydrogen-bond acceptors (Lipinski definition) is 3. The van der Waals surface area contributed by atoms with Gasteiger partial charge in [-0.1, -0.05) is 23.2 Å². The Kier molecular flexibility index (Phi) is 3.36. The van der Waals surface area contributed by atoms with Crippen molar-refractivity contribution >= 4 is 29.2 Å². The topological polar surface area (TPSA) is 55.0 Å². The van der Waals surface area contributed by atoms with Crippen LogP contribution < -0.4 is 0 Å². The molecule has 2 aromatic rings. The lowest BCUT2D eigenvalue weighted by atomic mass is 10.2. The van der Waals surface area contributed by atoms with Crippen LogP contribution in [0.1, 0.15) is 10.5 Å². The zero-order chi connectivity index (χ0) is 12.4. The van der Waals surface area contributed by atoms with Gasteiger partial charge in [0, 0.05) is 15.6 Å². The summed E-state index contributed by atoms with van der Waals surface area (Å²) in [7, 11) is 1.30. The highest BCUT2D eigenvalue weighted by molar-refractivity contribution is 6.35. The lowest BCUT2D eigenvalue weighted by Gasteiger charge is -1.99. The van der Waals surface area contributed by atoms with E-state index in [4.69, 9.17) is 23.2 Å². The molecule has 0 atom stereocenters. The summed E-state index contributed by atoms with van der Waals surface area (Å²) in [5, 5.41) is 1.01. The Hall–Kier alpha value is -1.52. The third-order valence-electron chi connectivity index (χ3n) is 2.12. The molecule has 2 rings (SSSR count). The standard InChI is InChI=1S/C11H8Cl2N2O2/c1-17-11(16)9-5-14-10(15-9)6-2-7(12)4-8(13)3-6/h2-5H,1H3,(H,14,15). The summed E-state index contributed by atoms with van der Waals surface area (Å²) >= 11 is 11.8. The molecule has 0 bridgehead atoms. The molecule has 0 saturated carbocycles. The minimum atomic E-state index is -0.475. The molecule has 0 aliphatic carbocycles. The number of carbonyl (C=O) groups is 1. The first kappa shape index (κ1) is 12.0. The molecular weight excluding hydrogens is 263 g/mol. The molecular formula is C11H8Cl2N2O2. The van der Waals surface area contributed by atoms with Crippen LogP contribution in [-0.2, 0) is 4.74 Å². The summed E-state index contributed by atoms with van der Waals surface area (Å²) in [6.07, 6.45) is 1.40. The van der Waals surface area contributed by atoms with Crippen LogP contribution in [0.15, 0.2) is 24.4 Å². The number of carbonyl (C=O) groups excluding carboxylic acids is 1. The van der Waals surface area contributed by atoms with Crippen LogP contribution >= 0.6 is 23.2 Å². The molecule has 4 nitrogen and oxygen atoms in total. The van der Waals surface area contributed by atoms with Gasteiger partial charge in [-0.15, -0.1) is 0 Å². The largest absolute Gasteiger partial charge is 0.464 e. The fourth-order valence-corrected chi connectivity index (χ4v) is 1.90. The number of imidazole rings is 1. The van der Waals surface area contributed by atoms with E-state index in [-0.39, 0.29) is 5.69 Å². The molecule has 0 saturated heterocycles. The Morgan fingerprint density at radius 1 is 1.29 bits per heavy atom. The van der Waals surface area contributed by atoms with Gasteiger partial charge in [0.15, 0.2) is 0 Å². The lowest BCUT2D eigenvalue weighted by molar-refractivity contribution is 0.0595. The number of aromatic nitrogens is 2. The zero-order valence-corrected chi connectivity index (χ0v) is 10.3. The number of aromatic amines is 1. The second-order valence-corrected chi connectivity index (χ2v) is 4.17. The SMILES string of the molecule is COC(=O)c1cnc(-c2cc(Cl)cc(Cl)c2)[nH]1. The number of nitrogens with one attached hydrogen (secondary N) is 1. The van der Waals surface area contributed by atoms with Crippen LogP contribution in [0.2, 0.25) is 10.0 Å². The maximum Gasteiger partial charge on any atom is 0.356 e. The van der Waals surface area contributed by atoms with Gasteiger partial charge >= 0.3 is 5.97 Å². The maximum absolute atomic E-state index is 11.2. The molecule has 1 aromatic heterocycles. The average molecular weight is 271 g/mol.